The van der Waals surface area contributed by atoms with Gasteiger partial charge in [-0.25, -0.2) is 4.99 Å². The van der Waals surface area contributed by atoms with Gasteiger partial charge in [0.25, 0.3) is 0 Å². The lowest BCUT2D eigenvalue weighted by molar-refractivity contribution is -0.139. The zero-order valence-electron chi connectivity index (χ0n) is 7.59. The number of carbonyl (C=O) groups is 1. The van der Waals surface area contributed by atoms with E-state index in [-0.39, 0.29) is 17.9 Å². The van der Waals surface area contributed by atoms with E-state index in [9.17, 15) is 4.79 Å². The Labute approximate surface area is 71.6 Å². The molecule has 0 atom stereocenters. The van der Waals surface area contributed by atoms with Crippen molar-refractivity contribution in [1.82, 2.24) is 0 Å². The molecule has 0 amide bonds. The molecule has 0 saturated heterocycles. The van der Waals surface area contributed by atoms with Gasteiger partial charge >= 0.3 is 5.97 Å². The SMILES string of the molecule is COC(=O)CC1=NC(C)(C)CO1. The van der Waals surface area contributed by atoms with Gasteiger partial charge in [-0.3, -0.25) is 4.79 Å². The lowest BCUT2D eigenvalue weighted by Gasteiger charge is -2.07. The first kappa shape index (κ1) is 9.03. The van der Waals surface area contributed by atoms with E-state index >= 15 is 0 Å². The minimum Gasteiger partial charge on any atom is -0.478 e. The Bertz CT molecular complexity index is 220. The van der Waals surface area contributed by atoms with E-state index < -0.39 is 0 Å². The van der Waals surface area contributed by atoms with Gasteiger partial charge in [0.1, 0.15) is 13.0 Å². The van der Waals surface area contributed by atoms with Crippen LogP contribution in [0.25, 0.3) is 0 Å². The van der Waals surface area contributed by atoms with Gasteiger partial charge in [-0.2, -0.15) is 0 Å². The molecule has 0 aromatic rings. The van der Waals surface area contributed by atoms with Crippen molar-refractivity contribution < 1.29 is 14.3 Å². The molecule has 0 spiro atoms. The number of rotatable bonds is 2. The number of aliphatic imine (C=N–C) groups is 1. The summed E-state index contributed by atoms with van der Waals surface area (Å²) in [7, 11) is 1.35. The van der Waals surface area contributed by atoms with Crippen LogP contribution in [0.15, 0.2) is 4.99 Å². The highest BCUT2D eigenvalue weighted by molar-refractivity contribution is 5.95. The zero-order chi connectivity index (χ0) is 9.19. The average molecular weight is 171 g/mol. The normalized spacial score (nSPS) is 19.8. The summed E-state index contributed by atoms with van der Waals surface area (Å²) in [5, 5.41) is 0. The van der Waals surface area contributed by atoms with Gasteiger partial charge < -0.3 is 9.47 Å². The predicted octanol–water partition coefficient (Wildman–Crippen LogP) is 0.757. The second-order valence-corrected chi connectivity index (χ2v) is 3.36. The minimum absolute atomic E-state index is 0.139. The topological polar surface area (TPSA) is 47.9 Å². The minimum atomic E-state index is -0.313. The number of carbonyl (C=O) groups excluding carboxylic acids is 1. The zero-order valence-corrected chi connectivity index (χ0v) is 7.59. The third-order valence-electron chi connectivity index (χ3n) is 1.54. The monoisotopic (exact) mass is 171 g/mol. The van der Waals surface area contributed by atoms with E-state index in [0.29, 0.717) is 12.5 Å². The summed E-state index contributed by atoms with van der Waals surface area (Å²) < 4.78 is 9.67. The van der Waals surface area contributed by atoms with Crippen LogP contribution >= 0.6 is 0 Å². The van der Waals surface area contributed by atoms with Crippen molar-refractivity contribution >= 4 is 11.9 Å². The van der Waals surface area contributed by atoms with Crippen molar-refractivity contribution in [3.63, 3.8) is 0 Å². The maximum absolute atomic E-state index is 10.8. The van der Waals surface area contributed by atoms with E-state index in [0.717, 1.165) is 0 Å². The highest BCUT2D eigenvalue weighted by Gasteiger charge is 2.27. The van der Waals surface area contributed by atoms with E-state index in [1.54, 1.807) is 0 Å². The van der Waals surface area contributed by atoms with Gasteiger partial charge in [0, 0.05) is 0 Å². The molecule has 1 aliphatic heterocycles. The van der Waals surface area contributed by atoms with Gasteiger partial charge in [0.2, 0.25) is 0 Å². The smallest absolute Gasteiger partial charge is 0.314 e. The molecule has 0 bridgehead atoms. The van der Waals surface area contributed by atoms with E-state index in [4.69, 9.17) is 4.74 Å². The van der Waals surface area contributed by atoms with Crippen molar-refractivity contribution in [2.45, 2.75) is 25.8 Å². The van der Waals surface area contributed by atoms with Gasteiger partial charge in [-0.15, -0.1) is 0 Å². The van der Waals surface area contributed by atoms with E-state index in [1.807, 2.05) is 13.8 Å². The number of hydrogen-bond acceptors (Lipinski definition) is 4. The van der Waals surface area contributed by atoms with Gasteiger partial charge in [0.05, 0.1) is 12.6 Å². The third kappa shape index (κ3) is 2.22. The number of nitrogens with zero attached hydrogens (tertiary/aromatic N) is 1. The van der Waals surface area contributed by atoms with Crippen molar-refractivity contribution in [2.75, 3.05) is 13.7 Å². The predicted molar refractivity (Wildman–Crippen MR) is 44.1 cm³/mol. The molecule has 1 heterocycles. The second kappa shape index (κ2) is 3.13. The number of esters is 1. The first-order chi connectivity index (χ1) is 5.53. The molecule has 0 fully saturated rings. The summed E-state index contributed by atoms with van der Waals surface area (Å²) in [5.41, 5.74) is -0.191. The van der Waals surface area contributed by atoms with E-state index in [1.165, 1.54) is 7.11 Å². The number of methoxy groups -OCH3 is 1. The maximum Gasteiger partial charge on any atom is 0.314 e. The molecule has 4 nitrogen and oxygen atoms in total. The molecule has 0 aliphatic carbocycles. The summed E-state index contributed by atoms with van der Waals surface area (Å²) in [5.74, 6) is 0.165. The fourth-order valence-electron chi connectivity index (χ4n) is 0.948. The molecule has 0 N–H and O–H groups in total. The van der Waals surface area contributed by atoms with Crippen LogP contribution in [0.1, 0.15) is 20.3 Å². The summed E-state index contributed by atoms with van der Waals surface area (Å²) >= 11 is 0. The first-order valence-corrected chi connectivity index (χ1v) is 3.82. The Kier molecular flexibility index (Phi) is 2.35. The van der Waals surface area contributed by atoms with Gasteiger partial charge in [-0.1, -0.05) is 0 Å². The van der Waals surface area contributed by atoms with Crippen LogP contribution in [-0.4, -0.2) is 31.1 Å². The van der Waals surface area contributed by atoms with Crippen molar-refractivity contribution in [3.8, 4) is 0 Å². The van der Waals surface area contributed by atoms with Crippen LogP contribution in [0, 0.1) is 0 Å². The quantitative estimate of drug-likeness (QED) is 0.576. The number of ether oxygens (including phenoxy) is 2. The highest BCUT2D eigenvalue weighted by atomic mass is 16.5. The maximum atomic E-state index is 10.8. The van der Waals surface area contributed by atoms with Crippen LogP contribution in [0.5, 0.6) is 0 Å². The van der Waals surface area contributed by atoms with Gasteiger partial charge in [-0.05, 0) is 13.8 Å². The van der Waals surface area contributed by atoms with Crippen molar-refractivity contribution in [2.24, 2.45) is 4.99 Å². The summed E-state index contributed by atoms with van der Waals surface area (Å²) in [4.78, 5) is 15.0. The molecule has 4 heteroatoms. The van der Waals surface area contributed by atoms with Crippen molar-refractivity contribution in [1.29, 1.82) is 0 Å². The molecule has 1 aliphatic rings. The third-order valence-corrected chi connectivity index (χ3v) is 1.54. The van der Waals surface area contributed by atoms with E-state index in [2.05, 4.69) is 9.73 Å². The van der Waals surface area contributed by atoms with Crippen LogP contribution in [0.3, 0.4) is 0 Å². The van der Waals surface area contributed by atoms with Crippen molar-refractivity contribution in [3.05, 3.63) is 0 Å². The lowest BCUT2D eigenvalue weighted by Crippen LogP contribution is -2.17. The van der Waals surface area contributed by atoms with Crippen LogP contribution < -0.4 is 0 Å². The summed E-state index contributed by atoms with van der Waals surface area (Å²) in [6.45, 7) is 4.45. The van der Waals surface area contributed by atoms with Crippen LogP contribution in [0.4, 0.5) is 0 Å². The molecule has 0 radical (unpaired) electrons. The molecular formula is C8H13NO3. The summed E-state index contributed by atoms with van der Waals surface area (Å²) in [6, 6.07) is 0. The van der Waals surface area contributed by atoms with Gasteiger partial charge in [0.15, 0.2) is 5.90 Å². The summed E-state index contributed by atoms with van der Waals surface area (Å²) in [6.07, 6.45) is 0.139. The molecule has 12 heavy (non-hydrogen) atoms. The fourth-order valence-corrected chi connectivity index (χ4v) is 0.948. The molecule has 0 aromatic heterocycles. The molecule has 1 rings (SSSR count). The van der Waals surface area contributed by atoms with Crippen LogP contribution in [-0.2, 0) is 14.3 Å². The standard InChI is InChI=1S/C8H13NO3/c1-8(2)5-12-6(9-8)4-7(10)11-3/h4-5H2,1-3H3. The Morgan fingerprint density at radius 1 is 1.75 bits per heavy atom. The molecule has 68 valence electrons. The molecule has 0 unspecified atom stereocenters. The molecule has 0 saturated carbocycles. The Morgan fingerprint density at radius 3 is 2.83 bits per heavy atom. The first-order valence-electron chi connectivity index (χ1n) is 3.82. The van der Waals surface area contributed by atoms with Crippen LogP contribution in [0.2, 0.25) is 0 Å². The largest absolute Gasteiger partial charge is 0.478 e. The number of hydrogen-bond donors (Lipinski definition) is 0. The fraction of sp³-hybridized carbons (Fsp3) is 0.750. The molecular weight excluding hydrogens is 158 g/mol. The second-order valence-electron chi connectivity index (χ2n) is 3.36. The Balaban J connectivity index is 2.50. The lowest BCUT2D eigenvalue weighted by atomic mass is 10.1. The molecule has 0 aromatic carbocycles. The Hall–Kier alpha value is -1.06. The highest BCUT2D eigenvalue weighted by Crippen LogP contribution is 2.18. The average Bonchev–Trinajstić information content (AvgIpc) is 2.30. The Morgan fingerprint density at radius 2 is 2.42 bits per heavy atom.